The Labute approximate surface area is 102 Å². The van der Waals surface area contributed by atoms with Crippen LogP contribution in [0.4, 0.5) is 8.78 Å². The van der Waals surface area contributed by atoms with Gasteiger partial charge in [-0.25, -0.2) is 17.2 Å². The van der Waals surface area contributed by atoms with Gasteiger partial charge in [-0.05, 0) is 17.7 Å². The van der Waals surface area contributed by atoms with Gasteiger partial charge in [-0.2, -0.15) is 0 Å². The van der Waals surface area contributed by atoms with Crippen molar-refractivity contribution in [1.82, 2.24) is 0 Å². The number of nitrogens with two attached hydrogens (primary N) is 1. The summed E-state index contributed by atoms with van der Waals surface area (Å²) in [6.45, 7) is 0. The molecule has 3 N–H and O–H groups in total. The van der Waals surface area contributed by atoms with Crippen LogP contribution in [0.25, 0.3) is 0 Å². The van der Waals surface area contributed by atoms with Crippen LogP contribution >= 0.6 is 0 Å². The van der Waals surface area contributed by atoms with Gasteiger partial charge in [-0.3, -0.25) is 4.79 Å². The van der Waals surface area contributed by atoms with Gasteiger partial charge >= 0.3 is 5.97 Å². The van der Waals surface area contributed by atoms with Gasteiger partial charge in [-0.15, -0.1) is 0 Å². The van der Waals surface area contributed by atoms with Crippen molar-refractivity contribution in [1.29, 1.82) is 0 Å². The Morgan fingerprint density at radius 2 is 2.00 bits per heavy atom. The molecule has 100 valence electrons. The highest BCUT2D eigenvalue weighted by atomic mass is 32.2. The molecule has 8 heteroatoms. The number of hydrogen-bond acceptors (Lipinski definition) is 4. The molecule has 0 aliphatic carbocycles. The maximum Gasteiger partial charge on any atom is 0.320 e. The number of carboxylic acids is 1. The molecule has 1 aromatic carbocycles. The normalized spacial score (nSPS) is 13.3. The Kier molecular flexibility index (Phi) is 4.02. The fraction of sp³-hybridized carbons (Fsp3) is 0.300. The summed E-state index contributed by atoms with van der Waals surface area (Å²) in [6.07, 6.45) is 0.335. The molecule has 1 atom stereocenters. The van der Waals surface area contributed by atoms with E-state index in [-0.39, 0.29) is 5.56 Å². The number of aliphatic carboxylic acids is 1. The standard InChI is InChI=1S/C10H11F2NO4S/c1-18(16,17)6-2-5(3-8(13)10(14)15)9(12)7(11)4-6/h2,4,8H,3,13H2,1H3,(H,14,15). The summed E-state index contributed by atoms with van der Waals surface area (Å²) in [7, 11) is -3.72. The van der Waals surface area contributed by atoms with Crippen molar-refractivity contribution < 1.29 is 27.1 Å². The molecule has 5 nitrogen and oxygen atoms in total. The van der Waals surface area contributed by atoms with Gasteiger partial charge < -0.3 is 10.8 Å². The minimum absolute atomic E-state index is 0.384. The minimum atomic E-state index is -3.72. The summed E-state index contributed by atoms with van der Waals surface area (Å²) in [5.41, 5.74) is 4.80. The fourth-order valence-electron chi connectivity index (χ4n) is 1.31. The first-order valence-electron chi connectivity index (χ1n) is 4.79. The summed E-state index contributed by atoms with van der Waals surface area (Å²) in [5.74, 6) is -4.04. The van der Waals surface area contributed by atoms with Crippen LogP contribution in [0.5, 0.6) is 0 Å². The molecule has 0 spiro atoms. The van der Waals surface area contributed by atoms with Crippen LogP contribution in [-0.4, -0.2) is 31.8 Å². The molecular weight excluding hydrogens is 268 g/mol. The van der Waals surface area contributed by atoms with Crippen molar-refractivity contribution in [3.8, 4) is 0 Å². The van der Waals surface area contributed by atoms with Crippen LogP contribution in [0.1, 0.15) is 5.56 Å². The van der Waals surface area contributed by atoms with E-state index >= 15 is 0 Å². The Bertz CT molecular complexity index is 586. The highest BCUT2D eigenvalue weighted by molar-refractivity contribution is 7.90. The van der Waals surface area contributed by atoms with Gasteiger partial charge in [0.1, 0.15) is 6.04 Å². The Morgan fingerprint density at radius 1 is 1.44 bits per heavy atom. The van der Waals surface area contributed by atoms with Crippen LogP contribution < -0.4 is 5.73 Å². The maximum atomic E-state index is 13.4. The molecule has 0 aliphatic heterocycles. The quantitative estimate of drug-likeness (QED) is 0.774. The topological polar surface area (TPSA) is 97.5 Å². The van der Waals surface area contributed by atoms with Crippen molar-refractivity contribution in [2.24, 2.45) is 5.73 Å². The van der Waals surface area contributed by atoms with E-state index < -0.39 is 44.8 Å². The second-order valence-electron chi connectivity index (χ2n) is 3.80. The monoisotopic (exact) mass is 279 g/mol. The van der Waals surface area contributed by atoms with Gasteiger partial charge in [-0.1, -0.05) is 0 Å². The zero-order valence-electron chi connectivity index (χ0n) is 9.35. The number of rotatable bonds is 4. The lowest BCUT2D eigenvalue weighted by atomic mass is 10.1. The van der Waals surface area contributed by atoms with E-state index in [2.05, 4.69) is 0 Å². The minimum Gasteiger partial charge on any atom is -0.480 e. The molecule has 0 heterocycles. The van der Waals surface area contributed by atoms with Crippen molar-refractivity contribution in [3.05, 3.63) is 29.3 Å². The molecule has 0 radical (unpaired) electrons. The number of sulfone groups is 1. The van der Waals surface area contributed by atoms with E-state index in [0.717, 1.165) is 12.3 Å². The number of benzene rings is 1. The zero-order chi connectivity index (χ0) is 14.1. The van der Waals surface area contributed by atoms with E-state index in [9.17, 15) is 22.0 Å². The maximum absolute atomic E-state index is 13.4. The SMILES string of the molecule is CS(=O)(=O)c1cc(F)c(F)c(CC(N)C(=O)O)c1. The van der Waals surface area contributed by atoms with Crippen LogP contribution in [0, 0.1) is 11.6 Å². The van der Waals surface area contributed by atoms with E-state index in [0.29, 0.717) is 6.07 Å². The molecule has 1 aromatic rings. The molecule has 0 saturated heterocycles. The molecule has 0 saturated carbocycles. The Balaban J connectivity index is 3.27. The van der Waals surface area contributed by atoms with Crippen LogP contribution in [-0.2, 0) is 21.1 Å². The van der Waals surface area contributed by atoms with Crippen molar-refractivity contribution in [3.63, 3.8) is 0 Å². The second-order valence-corrected chi connectivity index (χ2v) is 5.81. The lowest BCUT2D eigenvalue weighted by Gasteiger charge is -2.09. The first-order valence-corrected chi connectivity index (χ1v) is 6.68. The van der Waals surface area contributed by atoms with Gasteiger partial charge in [0.25, 0.3) is 0 Å². The lowest BCUT2D eigenvalue weighted by Crippen LogP contribution is -2.32. The predicted molar refractivity (Wildman–Crippen MR) is 58.8 cm³/mol. The van der Waals surface area contributed by atoms with Gasteiger partial charge in [0.2, 0.25) is 0 Å². The Hall–Kier alpha value is -1.54. The van der Waals surface area contributed by atoms with Gasteiger partial charge in [0.05, 0.1) is 4.90 Å². The zero-order valence-corrected chi connectivity index (χ0v) is 10.2. The van der Waals surface area contributed by atoms with E-state index in [1.165, 1.54) is 0 Å². The van der Waals surface area contributed by atoms with Crippen LogP contribution in [0.15, 0.2) is 17.0 Å². The van der Waals surface area contributed by atoms with Crippen molar-refractivity contribution in [2.45, 2.75) is 17.4 Å². The molecule has 18 heavy (non-hydrogen) atoms. The second kappa shape index (κ2) is 4.99. The summed E-state index contributed by atoms with van der Waals surface area (Å²) in [5, 5.41) is 8.57. The highest BCUT2D eigenvalue weighted by Gasteiger charge is 2.20. The fourth-order valence-corrected chi connectivity index (χ4v) is 1.98. The van der Waals surface area contributed by atoms with Gasteiger partial charge in [0.15, 0.2) is 21.5 Å². The predicted octanol–water partition coefficient (Wildman–Crippen LogP) is 0.323. The van der Waals surface area contributed by atoms with E-state index in [1.807, 2.05) is 0 Å². The van der Waals surface area contributed by atoms with E-state index in [1.54, 1.807) is 0 Å². The Morgan fingerprint density at radius 3 is 2.44 bits per heavy atom. The number of halogens is 2. The average molecular weight is 279 g/mol. The lowest BCUT2D eigenvalue weighted by molar-refractivity contribution is -0.138. The summed E-state index contributed by atoms with van der Waals surface area (Å²) in [4.78, 5) is 10.1. The third-order valence-corrected chi connectivity index (χ3v) is 3.35. The third-order valence-electron chi connectivity index (χ3n) is 2.26. The van der Waals surface area contributed by atoms with Gasteiger partial charge in [0, 0.05) is 12.7 Å². The molecule has 0 amide bonds. The number of carbonyl (C=O) groups is 1. The molecule has 0 fully saturated rings. The highest BCUT2D eigenvalue weighted by Crippen LogP contribution is 2.19. The molecule has 0 aliphatic rings. The van der Waals surface area contributed by atoms with E-state index in [4.69, 9.17) is 10.8 Å². The van der Waals surface area contributed by atoms with Crippen molar-refractivity contribution >= 4 is 15.8 Å². The molecule has 0 bridgehead atoms. The summed E-state index contributed by atoms with van der Waals surface area (Å²) in [6, 6.07) is -0.00880. The smallest absolute Gasteiger partial charge is 0.320 e. The first kappa shape index (κ1) is 14.5. The summed E-state index contributed by atoms with van der Waals surface area (Å²) >= 11 is 0. The molecular formula is C10H11F2NO4S. The number of hydrogen-bond donors (Lipinski definition) is 2. The number of carboxylic acid groups (broad SMARTS) is 1. The van der Waals surface area contributed by atoms with Crippen molar-refractivity contribution in [2.75, 3.05) is 6.26 Å². The third kappa shape index (κ3) is 3.23. The van der Waals surface area contributed by atoms with Crippen LogP contribution in [0.2, 0.25) is 0 Å². The molecule has 1 rings (SSSR count). The molecule has 0 aromatic heterocycles. The molecule has 1 unspecified atom stereocenters. The summed E-state index contributed by atoms with van der Waals surface area (Å²) < 4.78 is 49.0. The largest absolute Gasteiger partial charge is 0.480 e. The van der Waals surface area contributed by atoms with Crippen LogP contribution in [0.3, 0.4) is 0 Å². The average Bonchev–Trinajstić information content (AvgIpc) is 2.22. The first-order chi connectivity index (χ1) is 8.12.